The number of imide groups is 1. The van der Waals surface area contributed by atoms with Crippen LogP contribution >= 0.6 is 11.3 Å². The molecule has 2 aliphatic rings. The monoisotopic (exact) mass is 460 g/mol. The summed E-state index contributed by atoms with van der Waals surface area (Å²) >= 11 is 1.41. The molecule has 2 saturated heterocycles. The fraction of sp³-hybridized carbons (Fsp3) is 0.545. The third kappa shape index (κ3) is 5.25. The smallest absolute Gasteiger partial charge is 0.248 e. The number of amides is 3. The van der Waals surface area contributed by atoms with Crippen molar-refractivity contribution in [2.75, 3.05) is 57.4 Å². The van der Waals surface area contributed by atoms with Crippen LogP contribution in [0.1, 0.15) is 26.2 Å². The highest BCUT2D eigenvalue weighted by molar-refractivity contribution is 7.22. The Morgan fingerprint density at radius 1 is 1.22 bits per heavy atom. The van der Waals surface area contributed by atoms with Gasteiger partial charge in [-0.05, 0) is 31.5 Å². The zero-order valence-corrected chi connectivity index (χ0v) is 19.1. The third-order valence-corrected chi connectivity index (χ3v) is 6.64. The molecule has 1 aromatic carbocycles. The van der Waals surface area contributed by atoms with Gasteiger partial charge in [0.15, 0.2) is 5.13 Å². The van der Waals surface area contributed by atoms with E-state index in [-0.39, 0.29) is 37.1 Å². The molecule has 0 spiro atoms. The Morgan fingerprint density at radius 2 is 1.97 bits per heavy atom. The second-order valence-electron chi connectivity index (χ2n) is 7.79. The Kier molecular flexibility index (Phi) is 7.33. The molecule has 0 unspecified atom stereocenters. The van der Waals surface area contributed by atoms with Gasteiger partial charge >= 0.3 is 0 Å². The van der Waals surface area contributed by atoms with Crippen molar-refractivity contribution in [2.45, 2.75) is 26.2 Å². The van der Waals surface area contributed by atoms with E-state index in [0.29, 0.717) is 18.3 Å². The lowest BCUT2D eigenvalue weighted by Crippen LogP contribution is -2.44. The van der Waals surface area contributed by atoms with Gasteiger partial charge in [0.25, 0.3) is 0 Å². The van der Waals surface area contributed by atoms with Gasteiger partial charge in [-0.1, -0.05) is 11.3 Å². The first-order valence-electron chi connectivity index (χ1n) is 11.0. The molecule has 10 heteroatoms. The molecule has 3 amide bonds. The van der Waals surface area contributed by atoms with Crippen LogP contribution in [0.4, 0.5) is 5.13 Å². The minimum Gasteiger partial charge on any atom is -0.494 e. The summed E-state index contributed by atoms with van der Waals surface area (Å²) in [4.78, 5) is 46.9. The van der Waals surface area contributed by atoms with Crippen LogP contribution in [0.3, 0.4) is 0 Å². The summed E-state index contributed by atoms with van der Waals surface area (Å²) in [5, 5.41) is 0.569. The second kappa shape index (κ2) is 10.4. The first kappa shape index (κ1) is 22.6. The van der Waals surface area contributed by atoms with Crippen LogP contribution in [0.5, 0.6) is 5.75 Å². The van der Waals surface area contributed by atoms with Crippen LogP contribution in [-0.4, -0.2) is 85.0 Å². The second-order valence-corrected chi connectivity index (χ2v) is 8.79. The van der Waals surface area contributed by atoms with Crippen LogP contribution in [0.2, 0.25) is 0 Å². The van der Waals surface area contributed by atoms with Crippen molar-refractivity contribution in [1.82, 2.24) is 14.8 Å². The van der Waals surface area contributed by atoms with Crippen molar-refractivity contribution in [2.24, 2.45) is 0 Å². The maximum atomic E-state index is 13.2. The summed E-state index contributed by atoms with van der Waals surface area (Å²) in [6.07, 6.45) is 1.10. The highest BCUT2D eigenvalue weighted by atomic mass is 32.1. The molecule has 0 atom stereocenters. The number of likely N-dealkylation sites (tertiary alicyclic amines) is 1. The van der Waals surface area contributed by atoms with Gasteiger partial charge in [0, 0.05) is 39.0 Å². The average molecular weight is 461 g/mol. The molecule has 0 bridgehead atoms. The van der Waals surface area contributed by atoms with E-state index in [1.807, 2.05) is 25.1 Å². The number of rotatable bonds is 9. The molecule has 1 aromatic heterocycles. The van der Waals surface area contributed by atoms with Crippen LogP contribution < -0.4 is 9.64 Å². The minimum absolute atomic E-state index is 0.171. The zero-order chi connectivity index (χ0) is 22.5. The van der Waals surface area contributed by atoms with Crippen LogP contribution in [-0.2, 0) is 19.1 Å². The molecule has 32 heavy (non-hydrogen) atoms. The molecule has 9 nitrogen and oxygen atoms in total. The van der Waals surface area contributed by atoms with E-state index in [0.717, 1.165) is 60.1 Å². The van der Waals surface area contributed by atoms with Gasteiger partial charge in [0.2, 0.25) is 17.7 Å². The molecule has 2 fully saturated rings. The summed E-state index contributed by atoms with van der Waals surface area (Å²) in [5.74, 6) is -0.113. The van der Waals surface area contributed by atoms with Crippen LogP contribution in [0.15, 0.2) is 18.2 Å². The number of hydrogen-bond donors (Lipinski definition) is 0. The predicted molar refractivity (Wildman–Crippen MR) is 121 cm³/mol. The number of carbonyl (C=O) groups is 3. The van der Waals surface area contributed by atoms with Crippen LogP contribution in [0, 0.1) is 0 Å². The maximum Gasteiger partial charge on any atom is 0.248 e. The molecule has 0 N–H and O–H groups in total. The predicted octanol–water partition coefficient (Wildman–Crippen LogP) is 1.90. The highest BCUT2D eigenvalue weighted by Crippen LogP contribution is 2.32. The van der Waals surface area contributed by atoms with Gasteiger partial charge in [-0.3, -0.25) is 29.1 Å². The molecule has 4 rings (SSSR count). The summed E-state index contributed by atoms with van der Waals surface area (Å²) < 4.78 is 11.9. The Balaban J connectivity index is 1.51. The van der Waals surface area contributed by atoms with Crippen molar-refractivity contribution in [3.05, 3.63) is 18.2 Å². The number of nitrogens with zero attached hydrogens (tertiary/aromatic N) is 4. The summed E-state index contributed by atoms with van der Waals surface area (Å²) in [5.41, 5.74) is 0.785. The van der Waals surface area contributed by atoms with E-state index < -0.39 is 0 Å². The lowest BCUT2D eigenvalue weighted by Gasteiger charge is -2.28. The number of hydrogen-bond acceptors (Lipinski definition) is 8. The molecular formula is C22H28N4O5S. The Hall–Kier alpha value is -2.56. The highest BCUT2D eigenvalue weighted by Gasteiger charge is 2.32. The van der Waals surface area contributed by atoms with Crippen molar-refractivity contribution >= 4 is 44.4 Å². The topological polar surface area (TPSA) is 92.3 Å². The van der Waals surface area contributed by atoms with Gasteiger partial charge in [-0.25, -0.2) is 4.98 Å². The van der Waals surface area contributed by atoms with Gasteiger partial charge in [-0.15, -0.1) is 0 Å². The molecule has 0 saturated carbocycles. The number of benzene rings is 1. The fourth-order valence-electron chi connectivity index (χ4n) is 3.89. The normalized spacial score (nSPS) is 17.3. The molecule has 172 valence electrons. The quantitative estimate of drug-likeness (QED) is 0.528. The van der Waals surface area contributed by atoms with E-state index in [1.165, 1.54) is 11.3 Å². The van der Waals surface area contributed by atoms with E-state index >= 15 is 0 Å². The summed E-state index contributed by atoms with van der Waals surface area (Å²) in [7, 11) is 0. The minimum atomic E-state index is -0.292. The van der Waals surface area contributed by atoms with Gasteiger partial charge in [0.05, 0.1) is 30.0 Å². The number of aromatic nitrogens is 1. The zero-order valence-electron chi connectivity index (χ0n) is 18.2. The lowest BCUT2D eigenvalue weighted by atomic mass is 10.3. The maximum absolute atomic E-state index is 13.2. The fourth-order valence-corrected chi connectivity index (χ4v) is 4.93. The first-order chi connectivity index (χ1) is 15.5. The third-order valence-electron chi connectivity index (χ3n) is 5.60. The summed E-state index contributed by atoms with van der Waals surface area (Å²) in [6.45, 7) is 6.77. The van der Waals surface area contributed by atoms with E-state index in [4.69, 9.17) is 9.47 Å². The molecular weight excluding hydrogens is 432 g/mol. The van der Waals surface area contributed by atoms with Gasteiger partial charge in [-0.2, -0.15) is 0 Å². The van der Waals surface area contributed by atoms with Crippen LogP contribution in [0.25, 0.3) is 10.2 Å². The standard InChI is InChI=1S/C22H28N4O5S/c1-2-31-16-4-5-17-18(14-16)32-22(23-17)25(9-3-8-24-10-12-30-13-11-24)21(29)15-26-19(27)6-7-20(26)28/h4-5,14H,2-3,6-13,15H2,1H3. The number of ether oxygens (including phenoxy) is 2. The van der Waals surface area contributed by atoms with Gasteiger partial charge < -0.3 is 9.47 Å². The van der Waals surface area contributed by atoms with Gasteiger partial charge in [0.1, 0.15) is 12.3 Å². The Bertz CT molecular complexity index is 972. The number of morpholine rings is 1. The SMILES string of the molecule is CCOc1ccc2nc(N(CCCN3CCOCC3)C(=O)CN3C(=O)CCC3=O)sc2c1. The van der Waals surface area contributed by atoms with Crippen molar-refractivity contribution < 1.29 is 23.9 Å². The Labute approximate surface area is 190 Å². The number of carbonyl (C=O) groups excluding carboxylic acids is 3. The van der Waals surface area contributed by atoms with Crippen molar-refractivity contribution in [3.8, 4) is 5.75 Å². The molecule has 0 radical (unpaired) electrons. The molecule has 2 aliphatic heterocycles. The first-order valence-corrected chi connectivity index (χ1v) is 11.8. The molecule has 2 aromatic rings. The largest absolute Gasteiger partial charge is 0.494 e. The molecule has 3 heterocycles. The van der Waals surface area contributed by atoms with E-state index in [2.05, 4.69) is 9.88 Å². The van der Waals surface area contributed by atoms with Crippen molar-refractivity contribution in [1.29, 1.82) is 0 Å². The van der Waals surface area contributed by atoms with Crippen molar-refractivity contribution in [3.63, 3.8) is 0 Å². The van der Waals surface area contributed by atoms with E-state index in [9.17, 15) is 14.4 Å². The van der Waals surface area contributed by atoms with E-state index in [1.54, 1.807) is 4.90 Å². The number of thiazole rings is 1. The number of anilines is 1. The average Bonchev–Trinajstić information content (AvgIpc) is 3.35. The summed E-state index contributed by atoms with van der Waals surface area (Å²) in [6, 6.07) is 5.66. The molecule has 0 aliphatic carbocycles. The number of fused-ring (bicyclic) bond motifs is 1. The Morgan fingerprint density at radius 3 is 2.69 bits per heavy atom. The lowest BCUT2D eigenvalue weighted by molar-refractivity contribution is -0.141.